The van der Waals surface area contributed by atoms with Gasteiger partial charge in [-0.15, -0.1) is 0 Å². The smallest absolute Gasteiger partial charge is 0.0533 e. The normalized spacial score (nSPS) is 23.6. The van der Waals surface area contributed by atoms with Gasteiger partial charge in [0.05, 0.1) is 0 Å². The molecule has 8 heavy (non-hydrogen) atoms. The average Bonchev–Trinajstić information content (AvgIpc) is 1.90. The molecule has 0 aromatic carbocycles. The lowest BCUT2D eigenvalue weighted by Gasteiger charge is -2.16. The van der Waals surface area contributed by atoms with Gasteiger partial charge in [-0.05, 0) is 25.5 Å². The average molecular weight is 131 g/mol. The van der Waals surface area contributed by atoms with Crippen LogP contribution in [0.15, 0.2) is 0 Å². The van der Waals surface area contributed by atoms with E-state index in [1.807, 2.05) is 0 Å². The highest BCUT2D eigenvalue weighted by Gasteiger charge is 2.12. The predicted octanol–water partition coefficient (Wildman–Crippen LogP) is 1.58. The maximum atomic E-state index is 3.56. The van der Waals surface area contributed by atoms with Gasteiger partial charge in [-0.2, -0.15) is 0 Å². The molecule has 1 rings (SSSR count). The van der Waals surface area contributed by atoms with Gasteiger partial charge >= 0.3 is 0 Å². The molecule has 0 radical (unpaired) electrons. The summed E-state index contributed by atoms with van der Waals surface area (Å²) in [7, 11) is 0. The molecule has 0 unspecified atom stereocenters. The minimum Gasteiger partial charge on any atom is -0.0533 e. The second-order valence-corrected chi connectivity index (χ2v) is 3.12. The van der Waals surface area contributed by atoms with Crippen LogP contribution >= 0.6 is 0 Å². The zero-order valence-electron chi connectivity index (χ0n) is 5.32. The van der Waals surface area contributed by atoms with E-state index in [1.54, 1.807) is 0 Å². The maximum absolute atomic E-state index is 3.56. The molecular weight excluding hydrogens is 116 g/mol. The van der Waals surface area contributed by atoms with Crippen molar-refractivity contribution < 1.29 is 0 Å². The minimum atomic E-state index is 1.00. The first-order valence-corrected chi connectivity index (χ1v) is 4.29. The SMILES string of the molecule is [SH2+]CC1CCCCC1. The Hall–Kier alpha value is 0.350. The molecule has 0 N–H and O–H groups in total. The zero-order valence-corrected chi connectivity index (χ0v) is 6.32. The third kappa shape index (κ3) is 1.70. The summed E-state index contributed by atoms with van der Waals surface area (Å²) in [5.74, 6) is 2.22. The summed E-state index contributed by atoms with van der Waals surface area (Å²) in [6.45, 7) is 0. The predicted molar refractivity (Wildman–Crippen MR) is 41.6 cm³/mol. The van der Waals surface area contributed by atoms with Gasteiger partial charge in [0.15, 0.2) is 0 Å². The second-order valence-electron chi connectivity index (χ2n) is 2.71. The van der Waals surface area contributed by atoms with Crippen molar-refractivity contribution in [2.75, 3.05) is 5.75 Å². The molecule has 0 spiro atoms. The van der Waals surface area contributed by atoms with Crippen molar-refractivity contribution >= 4 is 12.6 Å². The summed E-state index contributed by atoms with van der Waals surface area (Å²) in [4.78, 5) is 0. The van der Waals surface area contributed by atoms with E-state index in [4.69, 9.17) is 0 Å². The van der Waals surface area contributed by atoms with Gasteiger partial charge < -0.3 is 0 Å². The molecule has 0 aromatic heterocycles. The van der Waals surface area contributed by atoms with Crippen LogP contribution in [-0.4, -0.2) is 5.75 Å². The molecule has 1 aliphatic rings. The van der Waals surface area contributed by atoms with Gasteiger partial charge in [0.25, 0.3) is 0 Å². The second kappa shape index (κ2) is 3.39. The van der Waals surface area contributed by atoms with Crippen molar-refractivity contribution in [2.24, 2.45) is 5.92 Å². The van der Waals surface area contributed by atoms with Crippen LogP contribution < -0.4 is 0 Å². The van der Waals surface area contributed by atoms with Crippen LogP contribution in [-0.2, 0) is 12.6 Å². The maximum Gasteiger partial charge on any atom is 0.106 e. The summed E-state index contributed by atoms with van der Waals surface area (Å²) in [5.41, 5.74) is 0. The summed E-state index contributed by atoms with van der Waals surface area (Å²) < 4.78 is 0. The first kappa shape index (κ1) is 6.47. The minimum absolute atomic E-state index is 1.00. The van der Waals surface area contributed by atoms with Crippen LogP contribution in [0.5, 0.6) is 0 Å². The number of hydrogen-bond donors (Lipinski definition) is 0. The Balaban J connectivity index is 2.13. The molecule has 48 valence electrons. The molecule has 0 saturated heterocycles. The monoisotopic (exact) mass is 131 g/mol. The van der Waals surface area contributed by atoms with Gasteiger partial charge in [0, 0.05) is 5.92 Å². The van der Waals surface area contributed by atoms with E-state index in [1.165, 1.54) is 37.9 Å². The highest BCUT2D eigenvalue weighted by atomic mass is 32.1. The van der Waals surface area contributed by atoms with E-state index in [0.29, 0.717) is 0 Å². The van der Waals surface area contributed by atoms with Crippen LogP contribution in [0.25, 0.3) is 0 Å². The van der Waals surface area contributed by atoms with E-state index in [0.717, 1.165) is 5.92 Å². The molecule has 0 bridgehead atoms. The Bertz CT molecular complexity index is 55.4. The van der Waals surface area contributed by atoms with Crippen LogP contribution in [0, 0.1) is 5.92 Å². The fourth-order valence-corrected chi connectivity index (χ4v) is 1.80. The lowest BCUT2D eigenvalue weighted by atomic mass is 9.91. The van der Waals surface area contributed by atoms with E-state index in [9.17, 15) is 0 Å². The molecule has 1 aliphatic carbocycles. The van der Waals surface area contributed by atoms with Crippen molar-refractivity contribution in [3.05, 3.63) is 0 Å². The highest BCUT2D eigenvalue weighted by molar-refractivity contribution is 7.58. The Morgan fingerprint density at radius 3 is 2.12 bits per heavy atom. The molecule has 0 nitrogen and oxygen atoms in total. The Labute approximate surface area is 57.1 Å². The third-order valence-corrected chi connectivity index (χ3v) is 2.59. The van der Waals surface area contributed by atoms with Crippen LogP contribution in [0.1, 0.15) is 32.1 Å². The molecule has 0 aliphatic heterocycles. The molecule has 0 atom stereocenters. The standard InChI is InChI=1S/C7H14S/c8-6-7-4-2-1-3-5-7/h7-8H,1-6H2/p+1. The van der Waals surface area contributed by atoms with Gasteiger partial charge in [0.1, 0.15) is 5.75 Å². The first-order chi connectivity index (χ1) is 3.93. The fraction of sp³-hybridized carbons (Fsp3) is 1.00. The van der Waals surface area contributed by atoms with Crippen LogP contribution in [0.3, 0.4) is 0 Å². The van der Waals surface area contributed by atoms with Crippen molar-refractivity contribution in [2.45, 2.75) is 32.1 Å². The largest absolute Gasteiger partial charge is 0.106 e. The lowest BCUT2D eigenvalue weighted by Crippen LogP contribution is -2.08. The quantitative estimate of drug-likeness (QED) is 0.474. The topological polar surface area (TPSA) is 0 Å². The van der Waals surface area contributed by atoms with Crippen LogP contribution in [0.4, 0.5) is 0 Å². The number of hydrogen-bond acceptors (Lipinski definition) is 0. The van der Waals surface area contributed by atoms with Crippen molar-refractivity contribution in [1.82, 2.24) is 0 Å². The van der Waals surface area contributed by atoms with E-state index in [-0.39, 0.29) is 0 Å². The summed E-state index contributed by atoms with van der Waals surface area (Å²) in [6, 6.07) is 0. The highest BCUT2D eigenvalue weighted by Crippen LogP contribution is 2.22. The molecule has 0 aromatic rings. The third-order valence-electron chi connectivity index (χ3n) is 2.01. The van der Waals surface area contributed by atoms with E-state index in [2.05, 4.69) is 12.6 Å². The summed E-state index contributed by atoms with van der Waals surface area (Å²) in [6.07, 6.45) is 7.33. The van der Waals surface area contributed by atoms with E-state index >= 15 is 0 Å². The molecule has 1 saturated carbocycles. The molecular formula is C7H15S+. The van der Waals surface area contributed by atoms with Crippen LogP contribution in [0.2, 0.25) is 0 Å². The summed E-state index contributed by atoms with van der Waals surface area (Å²) in [5, 5.41) is 0. The van der Waals surface area contributed by atoms with Gasteiger partial charge in [-0.3, -0.25) is 0 Å². The molecule has 0 amide bonds. The first-order valence-electron chi connectivity index (χ1n) is 3.58. The van der Waals surface area contributed by atoms with Crippen molar-refractivity contribution in [3.63, 3.8) is 0 Å². The molecule has 1 heteroatoms. The molecule has 0 heterocycles. The van der Waals surface area contributed by atoms with Crippen molar-refractivity contribution in [1.29, 1.82) is 0 Å². The Morgan fingerprint density at radius 1 is 1.12 bits per heavy atom. The van der Waals surface area contributed by atoms with Gasteiger partial charge in [-0.25, -0.2) is 0 Å². The fourth-order valence-electron chi connectivity index (χ4n) is 1.39. The molecule has 1 fully saturated rings. The Morgan fingerprint density at radius 2 is 1.75 bits per heavy atom. The number of rotatable bonds is 1. The van der Waals surface area contributed by atoms with E-state index < -0.39 is 0 Å². The van der Waals surface area contributed by atoms with Gasteiger partial charge in [-0.1, -0.05) is 19.3 Å². The Kier molecular flexibility index (Phi) is 2.74. The van der Waals surface area contributed by atoms with Gasteiger partial charge in [0.2, 0.25) is 0 Å². The zero-order chi connectivity index (χ0) is 5.82. The summed E-state index contributed by atoms with van der Waals surface area (Å²) >= 11 is 3.56. The lowest BCUT2D eigenvalue weighted by molar-refractivity contribution is 0.391. The van der Waals surface area contributed by atoms with Crippen molar-refractivity contribution in [3.8, 4) is 0 Å².